The lowest BCUT2D eigenvalue weighted by molar-refractivity contribution is -0.121. The summed E-state index contributed by atoms with van der Waals surface area (Å²) in [5.41, 5.74) is 0.355. The summed E-state index contributed by atoms with van der Waals surface area (Å²) in [4.78, 5) is 12.4. The summed E-state index contributed by atoms with van der Waals surface area (Å²) in [5, 5.41) is 2.64. The van der Waals surface area contributed by atoms with Gasteiger partial charge in [0.25, 0.3) is 0 Å². The molecule has 28 heavy (non-hydrogen) atoms. The quantitative estimate of drug-likeness (QED) is 0.641. The Labute approximate surface area is 164 Å². The van der Waals surface area contributed by atoms with Gasteiger partial charge in [0.1, 0.15) is 30.0 Å². The van der Waals surface area contributed by atoms with E-state index in [0.717, 1.165) is 10.6 Å². The predicted octanol–water partition coefficient (Wildman–Crippen LogP) is 2.18. The molecule has 152 valence electrons. The number of hydrogen-bond donors (Lipinski definition) is 1. The fraction of sp³-hybridized carbons (Fsp3) is 0.316. The zero-order chi connectivity index (χ0) is 20.7. The molecule has 7 nitrogen and oxygen atoms in total. The molecule has 0 radical (unpaired) electrons. The third-order valence-corrected chi connectivity index (χ3v) is 5.14. The van der Waals surface area contributed by atoms with E-state index in [4.69, 9.17) is 9.47 Å². The third-order valence-electron chi connectivity index (χ3n) is 3.90. The van der Waals surface area contributed by atoms with Crippen molar-refractivity contribution < 1.29 is 27.1 Å². The summed E-state index contributed by atoms with van der Waals surface area (Å²) in [5.74, 6) is 0.213. The molecule has 2 rings (SSSR count). The Balaban J connectivity index is 1.97. The molecule has 0 heterocycles. The Kier molecular flexibility index (Phi) is 7.22. The van der Waals surface area contributed by atoms with Crippen molar-refractivity contribution in [2.24, 2.45) is 0 Å². The molecule has 0 saturated heterocycles. The summed E-state index contributed by atoms with van der Waals surface area (Å²) in [7, 11) is -2.19. The van der Waals surface area contributed by atoms with Gasteiger partial charge in [0.15, 0.2) is 0 Å². The lowest BCUT2D eigenvalue weighted by atomic mass is 10.2. The number of ether oxygens (including phenoxy) is 2. The lowest BCUT2D eigenvalue weighted by Gasteiger charge is -2.28. The van der Waals surface area contributed by atoms with Gasteiger partial charge in [-0.1, -0.05) is 0 Å². The standard InChI is InChI=1S/C19H23FN2O5S/c1-14(19(23)21-12-13-27-18-8-4-15(20)5-9-18)22(28(3,24)25)16-6-10-17(26-2)11-7-16/h4-11,14H,12-13H2,1-3H3,(H,21,23). The molecule has 0 spiro atoms. The van der Waals surface area contributed by atoms with Crippen LogP contribution in [-0.2, 0) is 14.8 Å². The van der Waals surface area contributed by atoms with Crippen LogP contribution in [-0.4, -0.2) is 46.9 Å². The van der Waals surface area contributed by atoms with E-state index < -0.39 is 22.0 Å². The zero-order valence-electron chi connectivity index (χ0n) is 15.9. The molecular formula is C19H23FN2O5S. The minimum Gasteiger partial charge on any atom is -0.497 e. The molecule has 2 aromatic carbocycles. The molecule has 0 aliphatic heterocycles. The van der Waals surface area contributed by atoms with Crippen LogP contribution in [0.2, 0.25) is 0 Å². The number of amides is 1. The number of carbonyl (C=O) groups is 1. The maximum Gasteiger partial charge on any atom is 0.243 e. The zero-order valence-corrected chi connectivity index (χ0v) is 16.7. The monoisotopic (exact) mass is 410 g/mol. The number of nitrogens with one attached hydrogen (secondary N) is 1. The van der Waals surface area contributed by atoms with Gasteiger partial charge in [-0.15, -0.1) is 0 Å². The first-order valence-electron chi connectivity index (χ1n) is 8.52. The van der Waals surface area contributed by atoms with Gasteiger partial charge in [-0.05, 0) is 55.5 Å². The lowest BCUT2D eigenvalue weighted by Crippen LogP contribution is -2.48. The Morgan fingerprint density at radius 3 is 2.21 bits per heavy atom. The number of sulfonamides is 1. The minimum absolute atomic E-state index is 0.158. The number of methoxy groups -OCH3 is 1. The average molecular weight is 410 g/mol. The Morgan fingerprint density at radius 1 is 1.11 bits per heavy atom. The van der Waals surface area contributed by atoms with E-state index in [1.165, 1.54) is 38.3 Å². The minimum atomic E-state index is -3.69. The first kappa shape index (κ1) is 21.5. The van der Waals surface area contributed by atoms with Crippen molar-refractivity contribution in [3.05, 3.63) is 54.3 Å². The van der Waals surface area contributed by atoms with E-state index in [1.54, 1.807) is 24.3 Å². The smallest absolute Gasteiger partial charge is 0.243 e. The molecule has 1 N–H and O–H groups in total. The molecule has 0 saturated carbocycles. The van der Waals surface area contributed by atoms with Crippen LogP contribution in [0.4, 0.5) is 10.1 Å². The Hall–Kier alpha value is -2.81. The molecule has 0 aromatic heterocycles. The first-order valence-corrected chi connectivity index (χ1v) is 10.4. The number of rotatable bonds is 9. The molecule has 1 amide bonds. The van der Waals surface area contributed by atoms with E-state index in [-0.39, 0.29) is 19.0 Å². The summed E-state index contributed by atoms with van der Waals surface area (Å²) >= 11 is 0. The van der Waals surface area contributed by atoms with Crippen molar-refractivity contribution in [1.29, 1.82) is 0 Å². The second-order valence-electron chi connectivity index (χ2n) is 6.03. The highest BCUT2D eigenvalue weighted by molar-refractivity contribution is 7.92. The van der Waals surface area contributed by atoms with Crippen LogP contribution in [0.15, 0.2) is 48.5 Å². The van der Waals surface area contributed by atoms with Crippen LogP contribution in [0.3, 0.4) is 0 Å². The van der Waals surface area contributed by atoms with E-state index in [0.29, 0.717) is 17.2 Å². The second kappa shape index (κ2) is 9.41. The molecule has 0 bridgehead atoms. The number of benzene rings is 2. The van der Waals surface area contributed by atoms with Crippen molar-refractivity contribution in [1.82, 2.24) is 5.32 Å². The van der Waals surface area contributed by atoms with Crippen LogP contribution in [0.1, 0.15) is 6.92 Å². The number of carbonyl (C=O) groups excluding carboxylic acids is 1. The van der Waals surface area contributed by atoms with Crippen LogP contribution in [0, 0.1) is 5.82 Å². The molecule has 0 aliphatic carbocycles. The average Bonchev–Trinajstić information content (AvgIpc) is 2.66. The highest BCUT2D eigenvalue weighted by Gasteiger charge is 2.28. The highest BCUT2D eigenvalue weighted by atomic mass is 32.2. The van der Waals surface area contributed by atoms with Gasteiger partial charge in [-0.3, -0.25) is 9.10 Å². The van der Waals surface area contributed by atoms with Crippen LogP contribution in [0.5, 0.6) is 11.5 Å². The normalized spacial score (nSPS) is 12.1. The van der Waals surface area contributed by atoms with Crippen molar-refractivity contribution >= 4 is 21.6 Å². The van der Waals surface area contributed by atoms with Gasteiger partial charge in [0.2, 0.25) is 15.9 Å². The van der Waals surface area contributed by atoms with Crippen molar-refractivity contribution in [2.45, 2.75) is 13.0 Å². The summed E-state index contributed by atoms with van der Waals surface area (Å²) < 4.78 is 48.8. The SMILES string of the molecule is COc1ccc(N(C(C)C(=O)NCCOc2ccc(F)cc2)S(C)(=O)=O)cc1. The maximum absolute atomic E-state index is 12.9. The maximum atomic E-state index is 12.9. The van der Waals surface area contributed by atoms with Crippen molar-refractivity contribution in [2.75, 3.05) is 30.8 Å². The summed E-state index contributed by atoms with van der Waals surface area (Å²) in [6.45, 7) is 1.83. The van der Waals surface area contributed by atoms with Crippen LogP contribution >= 0.6 is 0 Å². The molecule has 0 fully saturated rings. The predicted molar refractivity (Wildman–Crippen MR) is 105 cm³/mol. The number of hydrogen-bond acceptors (Lipinski definition) is 5. The number of anilines is 1. The molecular weight excluding hydrogens is 387 g/mol. The Bertz CT molecular complexity index is 886. The van der Waals surface area contributed by atoms with Crippen LogP contribution < -0.4 is 19.1 Å². The molecule has 1 unspecified atom stereocenters. The largest absolute Gasteiger partial charge is 0.497 e. The third kappa shape index (κ3) is 5.85. The van der Waals surface area contributed by atoms with Gasteiger partial charge < -0.3 is 14.8 Å². The Morgan fingerprint density at radius 2 is 1.68 bits per heavy atom. The van der Waals surface area contributed by atoms with Gasteiger partial charge in [0.05, 0.1) is 25.6 Å². The summed E-state index contributed by atoms with van der Waals surface area (Å²) in [6.07, 6.45) is 1.04. The summed E-state index contributed by atoms with van der Waals surface area (Å²) in [6, 6.07) is 10.9. The molecule has 9 heteroatoms. The van der Waals surface area contributed by atoms with Gasteiger partial charge in [-0.25, -0.2) is 12.8 Å². The van der Waals surface area contributed by atoms with Gasteiger partial charge >= 0.3 is 0 Å². The molecule has 1 atom stereocenters. The highest BCUT2D eigenvalue weighted by Crippen LogP contribution is 2.23. The number of halogens is 1. The van der Waals surface area contributed by atoms with Gasteiger partial charge in [0, 0.05) is 0 Å². The van der Waals surface area contributed by atoms with Crippen molar-refractivity contribution in [3.63, 3.8) is 0 Å². The van der Waals surface area contributed by atoms with Gasteiger partial charge in [-0.2, -0.15) is 0 Å². The first-order chi connectivity index (χ1) is 13.2. The second-order valence-corrected chi connectivity index (χ2v) is 7.89. The van der Waals surface area contributed by atoms with Crippen molar-refractivity contribution in [3.8, 4) is 11.5 Å². The van der Waals surface area contributed by atoms with E-state index in [1.807, 2.05) is 0 Å². The number of nitrogens with zero attached hydrogens (tertiary/aromatic N) is 1. The topological polar surface area (TPSA) is 84.9 Å². The van der Waals surface area contributed by atoms with Crippen LogP contribution in [0.25, 0.3) is 0 Å². The fourth-order valence-electron chi connectivity index (χ4n) is 2.56. The van der Waals surface area contributed by atoms with E-state index in [2.05, 4.69) is 5.32 Å². The fourth-order valence-corrected chi connectivity index (χ4v) is 3.73. The molecule has 2 aromatic rings. The van der Waals surface area contributed by atoms with E-state index in [9.17, 15) is 17.6 Å². The van der Waals surface area contributed by atoms with E-state index >= 15 is 0 Å². The molecule has 0 aliphatic rings.